The molecule has 1 fully saturated rings. The first-order chi connectivity index (χ1) is 15.4. The highest BCUT2D eigenvalue weighted by atomic mass is 14.8. The Labute approximate surface area is 192 Å². The van der Waals surface area contributed by atoms with Gasteiger partial charge in [-0.2, -0.15) is 0 Å². The van der Waals surface area contributed by atoms with Gasteiger partial charge in [0.25, 0.3) is 0 Å². The first-order valence-electron chi connectivity index (χ1n) is 12.2. The molecular formula is C30H34N2. The molecule has 32 heavy (non-hydrogen) atoms. The van der Waals surface area contributed by atoms with Gasteiger partial charge >= 0.3 is 0 Å². The van der Waals surface area contributed by atoms with Gasteiger partial charge in [-0.05, 0) is 67.5 Å². The number of aryl methyl sites for hydroxylation is 2. The van der Waals surface area contributed by atoms with Crippen LogP contribution in [0.4, 0.5) is 0 Å². The highest BCUT2D eigenvalue weighted by molar-refractivity contribution is 6.09. The zero-order valence-electron chi connectivity index (χ0n) is 19.9. The van der Waals surface area contributed by atoms with E-state index in [1.54, 1.807) is 0 Å². The third kappa shape index (κ3) is 3.81. The van der Waals surface area contributed by atoms with E-state index < -0.39 is 0 Å². The predicted octanol–water partition coefficient (Wildman–Crippen LogP) is 7.74. The molecule has 0 radical (unpaired) electrons. The lowest BCUT2D eigenvalue weighted by atomic mass is 9.64. The van der Waals surface area contributed by atoms with Gasteiger partial charge in [0.2, 0.25) is 0 Å². The topological polar surface area (TPSA) is 25.2 Å². The predicted molar refractivity (Wildman–Crippen MR) is 135 cm³/mol. The van der Waals surface area contributed by atoms with Gasteiger partial charge in [-0.15, -0.1) is 0 Å². The summed E-state index contributed by atoms with van der Waals surface area (Å²) >= 11 is 0. The zero-order chi connectivity index (χ0) is 22.3. The Morgan fingerprint density at radius 3 is 2.62 bits per heavy atom. The zero-order valence-corrected chi connectivity index (χ0v) is 19.9. The molecule has 2 heteroatoms. The molecule has 0 bridgehead atoms. The second kappa shape index (κ2) is 8.31. The largest absolute Gasteiger partial charge is 0.261 e. The number of pyridine rings is 1. The van der Waals surface area contributed by atoms with Gasteiger partial charge in [-0.1, -0.05) is 75.1 Å². The van der Waals surface area contributed by atoms with E-state index in [1.165, 1.54) is 59.2 Å². The number of rotatable bonds is 3. The first kappa shape index (κ1) is 21.1. The average Bonchev–Trinajstić information content (AvgIpc) is 2.78. The normalized spacial score (nSPS) is 27.6. The summed E-state index contributed by atoms with van der Waals surface area (Å²) in [5.74, 6) is 1.23. The van der Waals surface area contributed by atoms with Crippen molar-refractivity contribution >= 4 is 17.0 Å². The molecule has 164 valence electrons. The van der Waals surface area contributed by atoms with Crippen LogP contribution in [-0.2, 0) is 0 Å². The van der Waals surface area contributed by atoms with Crippen molar-refractivity contribution in [3.05, 3.63) is 88.8 Å². The SMILES string of the molecule is Cc1cccc(C2=CC=C3C(C4CCCC[C@@H]4C)=NC(c4cccnc4C)=CC3(C)C2)c1. The van der Waals surface area contributed by atoms with Crippen LogP contribution in [0.25, 0.3) is 11.3 Å². The van der Waals surface area contributed by atoms with Crippen molar-refractivity contribution in [1.82, 2.24) is 4.98 Å². The van der Waals surface area contributed by atoms with Gasteiger partial charge in [0, 0.05) is 34.5 Å². The molecule has 1 aromatic heterocycles. The summed E-state index contributed by atoms with van der Waals surface area (Å²) < 4.78 is 0. The molecule has 2 nitrogen and oxygen atoms in total. The minimum atomic E-state index is -0.0559. The third-order valence-electron chi connectivity index (χ3n) is 7.73. The molecule has 3 aliphatic rings. The Kier molecular flexibility index (Phi) is 5.49. The van der Waals surface area contributed by atoms with E-state index in [0.717, 1.165) is 17.8 Å². The van der Waals surface area contributed by atoms with Crippen LogP contribution in [0.2, 0.25) is 0 Å². The fourth-order valence-electron chi connectivity index (χ4n) is 5.90. The number of aromatic nitrogens is 1. The number of fused-ring (bicyclic) bond motifs is 1. The van der Waals surface area contributed by atoms with Crippen LogP contribution in [0.3, 0.4) is 0 Å². The highest BCUT2D eigenvalue weighted by Gasteiger charge is 2.40. The van der Waals surface area contributed by atoms with Crippen LogP contribution in [-0.4, -0.2) is 10.7 Å². The summed E-state index contributed by atoms with van der Waals surface area (Å²) in [7, 11) is 0. The number of nitrogens with zero attached hydrogens (tertiary/aromatic N) is 2. The maximum atomic E-state index is 5.37. The van der Waals surface area contributed by atoms with E-state index in [1.807, 2.05) is 12.3 Å². The molecule has 3 atom stereocenters. The van der Waals surface area contributed by atoms with Crippen LogP contribution in [0.15, 0.2) is 71.4 Å². The van der Waals surface area contributed by atoms with Crippen molar-refractivity contribution in [3.8, 4) is 0 Å². The molecule has 5 rings (SSSR count). The lowest BCUT2D eigenvalue weighted by molar-refractivity contribution is 0.321. The Hall–Kier alpha value is -2.74. The number of benzene rings is 1. The van der Waals surface area contributed by atoms with E-state index in [9.17, 15) is 0 Å². The molecule has 0 spiro atoms. The van der Waals surface area contributed by atoms with Crippen molar-refractivity contribution in [1.29, 1.82) is 0 Å². The maximum absolute atomic E-state index is 5.37. The first-order valence-corrected chi connectivity index (χ1v) is 12.2. The van der Waals surface area contributed by atoms with E-state index in [4.69, 9.17) is 4.99 Å². The van der Waals surface area contributed by atoms with E-state index in [-0.39, 0.29) is 5.41 Å². The van der Waals surface area contributed by atoms with Crippen molar-refractivity contribution < 1.29 is 0 Å². The molecule has 1 aromatic carbocycles. The number of hydrogen-bond donors (Lipinski definition) is 0. The van der Waals surface area contributed by atoms with Gasteiger partial charge in [0.15, 0.2) is 0 Å². The minimum absolute atomic E-state index is 0.0559. The minimum Gasteiger partial charge on any atom is -0.261 e. The van der Waals surface area contributed by atoms with Crippen LogP contribution < -0.4 is 0 Å². The summed E-state index contributed by atoms with van der Waals surface area (Å²) in [4.78, 5) is 9.94. The Morgan fingerprint density at radius 1 is 1.00 bits per heavy atom. The monoisotopic (exact) mass is 422 g/mol. The van der Waals surface area contributed by atoms with Crippen LogP contribution >= 0.6 is 0 Å². The Morgan fingerprint density at radius 2 is 1.84 bits per heavy atom. The summed E-state index contributed by atoms with van der Waals surface area (Å²) in [5, 5.41) is 0. The van der Waals surface area contributed by atoms with Gasteiger partial charge in [-0.25, -0.2) is 0 Å². The quantitative estimate of drug-likeness (QED) is 0.496. The maximum Gasteiger partial charge on any atom is 0.0692 e. The van der Waals surface area contributed by atoms with Crippen molar-refractivity contribution in [3.63, 3.8) is 0 Å². The Balaban J connectivity index is 1.64. The molecule has 0 N–H and O–H groups in total. The van der Waals surface area contributed by atoms with E-state index in [0.29, 0.717) is 11.8 Å². The van der Waals surface area contributed by atoms with Gasteiger partial charge in [0.1, 0.15) is 0 Å². The molecule has 0 saturated heterocycles. The molecule has 2 aliphatic carbocycles. The molecule has 2 aromatic rings. The highest BCUT2D eigenvalue weighted by Crippen LogP contribution is 2.50. The van der Waals surface area contributed by atoms with Crippen molar-refractivity contribution in [2.45, 2.75) is 59.8 Å². The van der Waals surface area contributed by atoms with Crippen LogP contribution in [0, 0.1) is 31.1 Å². The van der Waals surface area contributed by atoms with Gasteiger partial charge in [0.05, 0.1) is 5.70 Å². The van der Waals surface area contributed by atoms with Gasteiger partial charge in [-0.3, -0.25) is 9.98 Å². The second-order valence-electron chi connectivity index (χ2n) is 10.3. The van der Waals surface area contributed by atoms with E-state index >= 15 is 0 Å². The molecular weight excluding hydrogens is 388 g/mol. The third-order valence-corrected chi connectivity index (χ3v) is 7.73. The molecule has 1 aliphatic heterocycles. The lowest BCUT2D eigenvalue weighted by Crippen LogP contribution is -2.35. The fourth-order valence-corrected chi connectivity index (χ4v) is 5.90. The van der Waals surface area contributed by atoms with Crippen molar-refractivity contribution in [2.24, 2.45) is 22.2 Å². The number of hydrogen-bond acceptors (Lipinski definition) is 2. The van der Waals surface area contributed by atoms with Crippen LogP contribution in [0.1, 0.15) is 68.3 Å². The summed E-state index contributed by atoms with van der Waals surface area (Å²) in [6.07, 6.45) is 15.3. The summed E-state index contributed by atoms with van der Waals surface area (Å²) in [5.41, 5.74) is 10.1. The number of allylic oxidation sites excluding steroid dienone is 5. The second-order valence-corrected chi connectivity index (χ2v) is 10.3. The Bertz CT molecular complexity index is 1160. The van der Waals surface area contributed by atoms with Gasteiger partial charge < -0.3 is 0 Å². The molecule has 2 unspecified atom stereocenters. The standard InChI is InChI=1S/C30H34N2/c1-20-9-7-11-23(17-20)24-14-15-27-29(25-12-6-5-10-21(25)2)32-28(19-30(27,4)18-24)26-13-8-16-31-22(26)3/h7-9,11,13-17,19,21,25H,5-6,10,12,18H2,1-4H3/t21-,25?,30?/m0/s1. The molecule has 0 amide bonds. The van der Waals surface area contributed by atoms with Crippen molar-refractivity contribution in [2.75, 3.05) is 0 Å². The number of aliphatic imine (C=N–C) groups is 1. The summed E-state index contributed by atoms with van der Waals surface area (Å²) in [6.45, 7) is 9.11. The molecule has 2 heterocycles. The summed E-state index contributed by atoms with van der Waals surface area (Å²) in [6, 6.07) is 13.1. The molecule has 1 saturated carbocycles. The lowest BCUT2D eigenvalue weighted by Gasteiger charge is -2.41. The smallest absolute Gasteiger partial charge is 0.0692 e. The fraction of sp³-hybridized carbons (Fsp3) is 0.400. The van der Waals surface area contributed by atoms with Crippen LogP contribution in [0.5, 0.6) is 0 Å². The van der Waals surface area contributed by atoms with E-state index in [2.05, 4.69) is 81.2 Å². The average molecular weight is 423 g/mol.